The lowest BCUT2D eigenvalue weighted by Gasteiger charge is -2.34. The fraction of sp³-hybridized carbons (Fsp3) is 0.722. The number of piperazine rings is 1. The van der Waals surface area contributed by atoms with Crippen molar-refractivity contribution in [2.75, 3.05) is 58.9 Å². The Kier molecular flexibility index (Phi) is 11.0. The second-order valence-corrected chi connectivity index (χ2v) is 7.60. The molecule has 150 valence electrons. The summed E-state index contributed by atoms with van der Waals surface area (Å²) in [7, 11) is 0. The first-order valence-corrected chi connectivity index (χ1v) is 10.2. The van der Waals surface area contributed by atoms with Crippen molar-refractivity contribution in [3.63, 3.8) is 0 Å². The molecule has 3 N–H and O–H groups in total. The van der Waals surface area contributed by atoms with Crippen LogP contribution in [-0.2, 0) is 5.60 Å². The van der Waals surface area contributed by atoms with Crippen LogP contribution < -0.4 is 10.6 Å². The summed E-state index contributed by atoms with van der Waals surface area (Å²) in [6, 6.07) is 3.91. The first-order valence-electron chi connectivity index (χ1n) is 9.28. The third kappa shape index (κ3) is 7.67. The molecule has 0 amide bonds. The third-order valence-electron chi connectivity index (χ3n) is 4.57. The van der Waals surface area contributed by atoms with Gasteiger partial charge >= 0.3 is 0 Å². The van der Waals surface area contributed by atoms with Gasteiger partial charge in [-0.2, -0.15) is 0 Å². The number of aliphatic imine (C=N–C) groups is 1. The van der Waals surface area contributed by atoms with Crippen LogP contribution in [0.1, 0.15) is 25.6 Å². The molecule has 1 aromatic rings. The number of likely N-dealkylation sites (N-methyl/N-ethyl adjacent to an activating group) is 1. The van der Waals surface area contributed by atoms with Crippen molar-refractivity contribution in [3.8, 4) is 0 Å². The van der Waals surface area contributed by atoms with Gasteiger partial charge in [-0.25, -0.2) is 4.99 Å². The van der Waals surface area contributed by atoms with Crippen molar-refractivity contribution < 1.29 is 5.11 Å². The molecule has 1 aromatic heterocycles. The molecule has 2 rings (SSSR count). The maximum absolute atomic E-state index is 10.6. The predicted octanol–water partition coefficient (Wildman–Crippen LogP) is 1.77. The van der Waals surface area contributed by atoms with Crippen LogP contribution in [0.25, 0.3) is 0 Å². The maximum atomic E-state index is 10.6. The average Bonchev–Trinajstić information content (AvgIpc) is 3.16. The number of hydrogen-bond acceptors (Lipinski definition) is 5. The van der Waals surface area contributed by atoms with Gasteiger partial charge in [0.2, 0.25) is 0 Å². The average molecular weight is 495 g/mol. The second-order valence-electron chi connectivity index (χ2n) is 6.65. The Balaban J connectivity index is 0.00000338. The molecule has 1 aliphatic rings. The Hall–Kier alpha value is -0.420. The Bertz CT molecular complexity index is 516. The van der Waals surface area contributed by atoms with Crippen molar-refractivity contribution in [1.82, 2.24) is 20.4 Å². The number of hydrogen-bond donors (Lipinski definition) is 3. The van der Waals surface area contributed by atoms with Gasteiger partial charge in [0.25, 0.3) is 0 Å². The van der Waals surface area contributed by atoms with E-state index >= 15 is 0 Å². The SMILES string of the molecule is CCNC(=NCC(C)(O)c1cccs1)NCCN1CCN(CC)CC1.I. The second kappa shape index (κ2) is 12.1. The summed E-state index contributed by atoms with van der Waals surface area (Å²) in [6.45, 7) is 14.9. The van der Waals surface area contributed by atoms with Crippen LogP contribution in [0.15, 0.2) is 22.5 Å². The fourth-order valence-electron chi connectivity index (χ4n) is 2.90. The molecule has 0 saturated carbocycles. The molecule has 26 heavy (non-hydrogen) atoms. The van der Waals surface area contributed by atoms with Gasteiger partial charge in [0, 0.05) is 50.7 Å². The van der Waals surface area contributed by atoms with Crippen molar-refractivity contribution in [1.29, 1.82) is 0 Å². The highest BCUT2D eigenvalue weighted by molar-refractivity contribution is 14.0. The van der Waals surface area contributed by atoms with Gasteiger partial charge in [-0.1, -0.05) is 13.0 Å². The number of rotatable bonds is 8. The highest BCUT2D eigenvalue weighted by atomic mass is 127. The van der Waals surface area contributed by atoms with Gasteiger partial charge in [-0.05, 0) is 31.8 Å². The Morgan fingerprint density at radius 2 is 1.92 bits per heavy atom. The predicted molar refractivity (Wildman–Crippen MR) is 122 cm³/mol. The van der Waals surface area contributed by atoms with E-state index in [9.17, 15) is 5.11 Å². The number of guanidine groups is 1. The van der Waals surface area contributed by atoms with E-state index in [1.807, 2.05) is 24.4 Å². The van der Waals surface area contributed by atoms with E-state index in [1.165, 1.54) is 0 Å². The minimum atomic E-state index is -0.924. The van der Waals surface area contributed by atoms with Crippen molar-refractivity contribution >= 4 is 41.3 Å². The molecule has 0 aromatic carbocycles. The third-order valence-corrected chi connectivity index (χ3v) is 5.70. The molecule has 8 heteroatoms. The molecule has 1 fully saturated rings. The van der Waals surface area contributed by atoms with Gasteiger partial charge in [-0.15, -0.1) is 35.3 Å². The summed E-state index contributed by atoms with van der Waals surface area (Å²) in [5, 5.41) is 19.2. The van der Waals surface area contributed by atoms with Gasteiger partial charge in [0.05, 0.1) is 6.54 Å². The summed E-state index contributed by atoms with van der Waals surface area (Å²) in [4.78, 5) is 10.5. The molecular formula is C18H34IN5OS. The van der Waals surface area contributed by atoms with Gasteiger partial charge in [-0.3, -0.25) is 4.90 Å². The molecule has 0 spiro atoms. The van der Waals surface area contributed by atoms with Crippen LogP contribution in [0.3, 0.4) is 0 Å². The zero-order valence-electron chi connectivity index (χ0n) is 16.2. The topological polar surface area (TPSA) is 63.1 Å². The quantitative estimate of drug-likeness (QED) is 0.292. The lowest BCUT2D eigenvalue weighted by Crippen LogP contribution is -2.49. The summed E-state index contributed by atoms with van der Waals surface area (Å²) >= 11 is 1.56. The zero-order chi connectivity index (χ0) is 18.1. The molecule has 1 unspecified atom stereocenters. The van der Waals surface area contributed by atoms with E-state index in [1.54, 1.807) is 11.3 Å². The van der Waals surface area contributed by atoms with E-state index in [-0.39, 0.29) is 24.0 Å². The molecular weight excluding hydrogens is 461 g/mol. The number of aliphatic hydroxyl groups is 1. The monoisotopic (exact) mass is 495 g/mol. The van der Waals surface area contributed by atoms with Crippen LogP contribution in [0.2, 0.25) is 0 Å². The molecule has 6 nitrogen and oxygen atoms in total. The molecule has 2 heterocycles. The molecule has 0 bridgehead atoms. The summed E-state index contributed by atoms with van der Waals surface area (Å²) in [6.07, 6.45) is 0. The first kappa shape index (κ1) is 23.6. The maximum Gasteiger partial charge on any atom is 0.191 e. The molecule has 1 atom stereocenters. The van der Waals surface area contributed by atoms with Gasteiger partial charge in [0.15, 0.2) is 5.96 Å². The first-order chi connectivity index (χ1) is 12.0. The Morgan fingerprint density at radius 3 is 2.50 bits per heavy atom. The van der Waals surface area contributed by atoms with Crippen LogP contribution in [0.4, 0.5) is 0 Å². The van der Waals surface area contributed by atoms with E-state index in [0.29, 0.717) is 6.54 Å². The number of nitrogens with zero attached hydrogens (tertiary/aromatic N) is 3. The molecule has 1 aliphatic heterocycles. The summed E-state index contributed by atoms with van der Waals surface area (Å²) in [5.74, 6) is 0.770. The molecule has 1 saturated heterocycles. The zero-order valence-corrected chi connectivity index (χ0v) is 19.3. The summed E-state index contributed by atoms with van der Waals surface area (Å²) in [5.41, 5.74) is -0.924. The number of nitrogens with one attached hydrogen (secondary N) is 2. The van der Waals surface area contributed by atoms with Crippen LogP contribution in [-0.4, -0.2) is 79.8 Å². The standard InChI is InChI=1S/C18H33N5OS.HI/c1-4-19-17(21-15-18(3,24)16-7-6-14-25-16)20-8-9-23-12-10-22(5-2)11-13-23;/h6-7,14,24H,4-5,8-13,15H2,1-3H3,(H2,19,20,21);1H. The highest BCUT2D eigenvalue weighted by Crippen LogP contribution is 2.25. The normalized spacial score (nSPS) is 18.8. The van der Waals surface area contributed by atoms with E-state index in [4.69, 9.17) is 0 Å². The fourth-order valence-corrected chi connectivity index (χ4v) is 3.68. The minimum absolute atomic E-state index is 0. The van der Waals surface area contributed by atoms with E-state index < -0.39 is 5.60 Å². The largest absolute Gasteiger partial charge is 0.383 e. The highest BCUT2D eigenvalue weighted by Gasteiger charge is 2.24. The van der Waals surface area contributed by atoms with Crippen molar-refractivity contribution in [2.45, 2.75) is 26.4 Å². The van der Waals surface area contributed by atoms with Gasteiger partial charge in [0.1, 0.15) is 5.60 Å². The Labute approximate surface area is 179 Å². The summed E-state index contributed by atoms with van der Waals surface area (Å²) < 4.78 is 0. The number of halogens is 1. The van der Waals surface area contributed by atoms with Gasteiger partial charge < -0.3 is 20.6 Å². The van der Waals surface area contributed by atoms with Crippen LogP contribution in [0, 0.1) is 0 Å². The van der Waals surface area contributed by atoms with E-state index in [0.717, 1.165) is 63.2 Å². The lowest BCUT2D eigenvalue weighted by molar-refractivity contribution is 0.0711. The number of thiophene rings is 1. The lowest BCUT2D eigenvalue weighted by atomic mass is 10.1. The molecule has 0 aliphatic carbocycles. The minimum Gasteiger partial charge on any atom is -0.383 e. The Morgan fingerprint density at radius 1 is 1.23 bits per heavy atom. The molecule has 0 radical (unpaired) electrons. The van der Waals surface area contributed by atoms with Crippen LogP contribution in [0.5, 0.6) is 0 Å². The van der Waals surface area contributed by atoms with Crippen molar-refractivity contribution in [2.24, 2.45) is 4.99 Å². The van der Waals surface area contributed by atoms with Crippen molar-refractivity contribution in [3.05, 3.63) is 22.4 Å². The van der Waals surface area contributed by atoms with E-state index in [2.05, 4.69) is 39.3 Å². The smallest absolute Gasteiger partial charge is 0.191 e. The van der Waals surface area contributed by atoms with Crippen LogP contribution >= 0.6 is 35.3 Å².